The highest BCUT2D eigenvalue weighted by molar-refractivity contribution is 5.81. The van der Waals surface area contributed by atoms with Crippen molar-refractivity contribution in [1.29, 1.82) is 0 Å². The molecule has 0 rings (SSSR count). The van der Waals surface area contributed by atoms with Gasteiger partial charge in [0.05, 0.1) is 13.2 Å². The summed E-state index contributed by atoms with van der Waals surface area (Å²) >= 11 is 0. The van der Waals surface area contributed by atoms with Gasteiger partial charge in [0.1, 0.15) is 6.04 Å². The molecule has 0 aliphatic heterocycles. The van der Waals surface area contributed by atoms with Crippen molar-refractivity contribution in [3.8, 4) is 0 Å². The van der Waals surface area contributed by atoms with Crippen molar-refractivity contribution in [3.63, 3.8) is 0 Å². The molecule has 5 heteroatoms. The number of nitrogens with zero attached hydrogens (tertiary/aromatic N) is 1. The van der Waals surface area contributed by atoms with Gasteiger partial charge in [0.15, 0.2) is 0 Å². The molecule has 164 valence electrons. The van der Waals surface area contributed by atoms with Crippen LogP contribution in [-0.4, -0.2) is 43.3 Å². The number of ether oxygens (including phenoxy) is 2. The summed E-state index contributed by atoms with van der Waals surface area (Å²) in [6.45, 7) is 10.3. The molecule has 0 bridgehead atoms. The topological polar surface area (TPSA) is 55.8 Å². The highest BCUT2D eigenvalue weighted by Crippen LogP contribution is 2.14. The van der Waals surface area contributed by atoms with Crippen LogP contribution in [0.2, 0.25) is 0 Å². The zero-order chi connectivity index (χ0) is 21.2. The summed E-state index contributed by atoms with van der Waals surface area (Å²) in [5.41, 5.74) is 0. The Morgan fingerprint density at radius 2 is 1.43 bits per heavy atom. The number of likely N-dealkylation sites (N-methyl/N-ethyl adjacent to an activating group) is 1. The molecule has 1 amide bonds. The van der Waals surface area contributed by atoms with Crippen molar-refractivity contribution >= 4 is 12.1 Å². The van der Waals surface area contributed by atoms with E-state index in [1.165, 1.54) is 56.3 Å². The number of carbonyl (C=O) groups is 2. The van der Waals surface area contributed by atoms with Gasteiger partial charge in [0, 0.05) is 7.05 Å². The first kappa shape index (κ1) is 26.5. The Labute approximate surface area is 172 Å². The zero-order valence-electron chi connectivity index (χ0n) is 18.7. The smallest absolute Gasteiger partial charge is 0.410 e. The number of unbranched alkanes of at least 4 members (excludes halogenated alkanes) is 9. The Bertz CT molecular complexity index is 423. The fourth-order valence-corrected chi connectivity index (χ4v) is 3.17. The minimum Gasteiger partial charge on any atom is -0.464 e. The SMILES string of the molecule is C=CCCOC(=O)N(C)C(C(=O)OCCCCCCCCCCCC)C(C)C. The Morgan fingerprint density at radius 1 is 0.893 bits per heavy atom. The van der Waals surface area contributed by atoms with Crippen LogP contribution in [0.3, 0.4) is 0 Å². The van der Waals surface area contributed by atoms with Gasteiger partial charge < -0.3 is 9.47 Å². The molecular formula is C23H43NO4. The van der Waals surface area contributed by atoms with Crippen molar-refractivity contribution in [2.45, 2.75) is 97.4 Å². The second kappa shape index (κ2) is 17.6. The average Bonchev–Trinajstić information content (AvgIpc) is 2.66. The molecule has 0 saturated heterocycles. The predicted molar refractivity (Wildman–Crippen MR) is 115 cm³/mol. The molecule has 1 atom stereocenters. The van der Waals surface area contributed by atoms with E-state index in [0.717, 1.165) is 12.8 Å². The lowest BCUT2D eigenvalue weighted by Crippen LogP contribution is -2.46. The van der Waals surface area contributed by atoms with E-state index >= 15 is 0 Å². The quantitative estimate of drug-likeness (QED) is 0.168. The molecule has 28 heavy (non-hydrogen) atoms. The minimum absolute atomic E-state index is 0.0443. The Balaban J connectivity index is 3.98. The highest BCUT2D eigenvalue weighted by Gasteiger charge is 2.31. The van der Waals surface area contributed by atoms with Crippen LogP contribution < -0.4 is 0 Å². The van der Waals surface area contributed by atoms with Gasteiger partial charge >= 0.3 is 12.1 Å². The van der Waals surface area contributed by atoms with E-state index in [1.54, 1.807) is 13.1 Å². The molecule has 0 aromatic rings. The van der Waals surface area contributed by atoms with Crippen LogP contribution in [0.4, 0.5) is 4.79 Å². The molecule has 0 aliphatic rings. The first-order valence-corrected chi connectivity index (χ1v) is 11.1. The molecule has 0 radical (unpaired) electrons. The summed E-state index contributed by atoms with van der Waals surface area (Å²) in [5, 5.41) is 0. The molecule has 0 spiro atoms. The minimum atomic E-state index is -0.626. The molecule has 5 nitrogen and oxygen atoms in total. The number of esters is 1. The lowest BCUT2D eigenvalue weighted by Gasteiger charge is -2.28. The number of hydrogen-bond acceptors (Lipinski definition) is 4. The normalized spacial score (nSPS) is 11.9. The largest absolute Gasteiger partial charge is 0.464 e. The standard InChI is InChI=1S/C23H43NO4/c1-6-8-10-11-12-13-14-15-16-17-19-27-22(25)21(20(3)4)24(5)23(26)28-18-9-7-2/h7,20-21H,2,6,8-19H2,1,3-5H3. The second-order valence-electron chi connectivity index (χ2n) is 7.84. The average molecular weight is 398 g/mol. The van der Waals surface area contributed by atoms with Gasteiger partial charge in [-0.15, -0.1) is 6.58 Å². The van der Waals surface area contributed by atoms with Gasteiger partial charge in [-0.05, 0) is 18.8 Å². The molecule has 0 aliphatic carbocycles. The second-order valence-corrected chi connectivity index (χ2v) is 7.84. The van der Waals surface area contributed by atoms with Crippen LogP contribution in [-0.2, 0) is 14.3 Å². The van der Waals surface area contributed by atoms with Gasteiger partial charge in [-0.3, -0.25) is 4.90 Å². The maximum Gasteiger partial charge on any atom is 0.410 e. The van der Waals surface area contributed by atoms with E-state index in [4.69, 9.17) is 9.47 Å². The van der Waals surface area contributed by atoms with Gasteiger partial charge in [0.2, 0.25) is 0 Å². The molecular weight excluding hydrogens is 354 g/mol. The van der Waals surface area contributed by atoms with Crippen LogP contribution in [0.1, 0.15) is 91.4 Å². The molecule has 0 N–H and O–H groups in total. The van der Waals surface area contributed by atoms with Crippen LogP contribution in [0.15, 0.2) is 12.7 Å². The Hall–Kier alpha value is -1.52. The third-order valence-electron chi connectivity index (χ3n) is 4.87. The summed E-state index contributed by atoms with van der Waals surface area (Å²) in [5.74, 6) is -0.397. The van der Waals surface area contributed by atoms with Gasteiger partial charge in [-0.2, -0.15) is 0 Å². The summed E-state index contributed by atoms with van der Waals surface area (Å²) in [6, 6.07) is -0.626. The summed E-state index contributed by atoms with van der Waals surface area (Å²) < 4.78 is 10.6. The maximum atomic E-state index is 12.4. The van der Waals surface area contributed by atoms with Crippen molar-refractivity contribution in [1.82, 2.24) is 4.90 Å². The van der Waals surface area contributed by atoms with Crippen molar-refractivity contribution < 1.29 is 19.1 Å². The molecule has 0 saturated carbocycles. The lowest BCUT2D eigenvalue weighted by molar-refractivity contribution is -0.150. The molecule has 1 unspecified atom stereocenters. The highest BCUT2D eigenvalue weighted by atomic mass is 16.6. The zero-order valence-corrected chi connectivity index (χ0v) is 18.7. The van der Waals surface area contributed by atoms with Crippen molar-refractivity contribution in [2.24, 2.45) is 5.92 Å². The van der Waals surface area contributed by atoms with E-state index in [-0.39, 0.29) is 18.5 Å². The molecule has 0 aromatic heterocycles. The monoisotopic (exact) mass is 397 g/mol. The maximum absolute atomic E-state index is 12.4. The van der Waals surface area contributed by atoms with Crippen LogP contribution in [0, 0.1) is 5.92 Å². The van der Waals surface area contributed by atoms with E-state index in [2.05, 4.69) is 13.5 Å². The number of amides is 1. The van der Waals surface area contributed by atoms with Crippen LogP contribution in [0.5, 0.6) is 0 Å². The number of hydrogen-bond donors (Lipinski definition) is 0. The van der Waals surface area contributed by atoms with E-state index < -0.39 is 12.1 Å². The fraction of sp³-hybridized carbons (Fsp3) is 0.826. The van der Waals surface area contributed by atoms with E-state index in [0.29, 0.717) is 13.0 Å². The van der Waals surface area contributed by atoms with Crippen LogP contribution in [0.25, 0.3) is 0 Å². The third kappa shape index (κ3) is 12.8. The Morgan fingerprint density at radius 3 is 1.93 bits per heavy atom. The summed E-state index contributed by atoms with van der Waals surface area (Å²) in [7, 11) is 1.59. The van der Waals surface area contributed by atoms with Gasteiger partial charge in [-0.25, -0.2) is 9.59 Å². The van der Waals surface area contributed by atoms with Crippen molar-refractivity contribution in [2.75, 3.05) is 20.3 Å². The molecule has 0 aromatic carbocycles. The van der Waals surface area contributed by atoms with Gasteiger partial charge in [-0.1, -0.05) is 84.6 Å². The molecule has 0 heterocycles. The first-order valence-electron chi connectivity index (χ1n) is 11.1. The summed E-state index contributed by atoms with van der Waals surface area (Å²) in [6.07, 6.45) is 14.2. The number of rotatable bonds is 17. The van der Waals surface area contributed by atoms with E-state index in [1.807, 2.05) is 13.8 Å². The summed E-state index contributed by atoms with van der Waals surface area (Å²) in [4.78, 5) is 25.9. The van der Waals surface area contributed by atoms with E-state index in [9.17, 15) is 9.59 Å². The lowest BCUT2D eigenvalue weighted by atomic mass is 10.0. The molecule has 0 fully saturated rings. The van der Waals surface area contributed by atoms with Crippen LogP contribution >= 0.6 is 0 Å². The van der Waals surface area contributed by atoms with Gasteiger partial charge in [0.25, 0.3) is 0 Å². The third-order valence-corrected chi connectivity index (χ3v) is 4.87. The fourth-order valence-electron chi connectivity index (χ4n) is 3.17. The predicted octanol–water partition coefficient (Wildman–Crippen LogP) is 6.12. The Kier molecular flexibility index (Phi) is 16.6. The van der Waals surface area contributed by atoms with Crippen molar-refractivity contribution in [3.05, 3.63) is 12.7 Å². The first-order chi connectivity index (χ1) is 13.5. The number of carbonyl (C=O) groups excluding carboxylic acids is 2.